The summed E-state index contributed by atoms with van der Waals surface area (Å²) in [6.45, 7) is 0.648. The van der Waals surface area contributed by atoms with E-state index in [2.05, 4.69) is 26.6 Å². The van der Waals surface area contributed by atoms with Gasteiger partial charge in [0.1, 0.15) is 11.8 Å². The Kier molecular flexibility index (Phi) is 3.86. The normalized spacial score (nSPS) is 19.2. The summed E-state index contributed by atoms with van der Waals surface area (Å²) in [5.41, 5.74) is 0.163. The van der Waals surface area contributed by atoms with E-state index < -0.39 is 11.9 Å². The lowest BCUT2D eigenvalue weighted by Crippen LogP contribution is -2.50. The van der Waals surface area contributed by atoms with Gasteiger partial charge in [-0.15, -0.1) is 0 Å². The fourth-order valence-corrected chi connectivity index (χ4v) is 2.19. The molecule has 1 unspecified atom stereocenters. The molecular formula is C12H13BrN2O3. The topological polar surface area (TPSA) is 78.4 Å². The van der Waals surface area contributed by atoms with Crippen molar-refractivity contribution in [1.82, 2.24) is 10.6 Å². The third kappa shape index (κ3) is 2.81. The molecule has 0 bridgehead atoms. The zero-order chi connectivity index (χ0) is 13.1. The van der Waals surface area contributed by atoms with Crippen LogP contribution in [-0.2, 0) is 4.79 Å². The van der Waals surface area contributed by atoms with Crippen molar-refractivity contribution >= 4 is 27.7 Å². The number of amides is 2. The van der Waals surface area contributed by atoms with E-state index in [-0.39, 0.29) is 17.2 Å². The summed E-state index contributed by atoms with van der Waals surface area (Å²) in [7, 11) is 0. The van der Waals surface area contributed by atoms with Crippen LogP contribution in [0, 0.1) is 0 Å². The summed E-state index contributed by atoms with van der Waals surface area (Å²) >= 11 is 3.20. The van der Waals surface area contributed by atoms with Crippen molar-refractivity contribution in [3.63, 3.8) is 0 Å². The van der Waals surface area contributed by atoms with Crippen molar-refractivity contribution in [2.75, 3.05) is 6.54 Å². The lowest BCUT2D eigenvalue weighted by Gasteiger charge is -2.22. The van der Waals surface area contributed by atoms with E-state index in [1.165, 1.54) is 12.1 Å². The second-order valence-corrected chi connectivity index (χ2v) is 5.04. The fourth-order valence-electron chi connectivity index (χ4n) is 1.84. The van der Waals surface area contributed by atoms with E-state index in [0.29, 0.717) is 17.4 Å². The molecule has 0 spiro atoms. The van der Waals surface area contributed by atoms with Crippen molar-refractivity contribution < 1.29 is 14.7 Å². The molecule has 5 nitrogen and oxygen atoms in total. The van der Waals surface area contributed by atoms with E-state index in [1.54, 1.807) is 6.07 Å². The van der Waals surface area contributed by atoms with Crippen LogP contribution in [-0.4, -0.2) is 29.5 Å². The first-order chi connectivity index (χ1) is 8.58. The van der Waals surface area contributed by atoms with Gasteiger partial charge in [0, 0.05) is 11.0 Å². The average Bonchev–Trinajstić information content (AvgIpc) is 2.32. The molecule has 0 radical (unpaired) electrons. The zero-order valence-corrected chi connectivity index (χ0v) is 11.2. The number of carbonyl (C=O) groups is 2. The first-order valence-electron chi connectivity index (χ1n) is 5.65. The van der Waals surface area contributed by atoms with Crippen LogP contribution >= 0.6 is 15.9 Å². The number of phenols is 1. The lowest BCUT2D eigenvalue weighted by atomic mass is 10.1. The number of piperidine rings is 1. The number of halogens is 1. The summed E-state index contributed by atoms with van der Waals surface area (Å²) in [5.74, 6) is -0.730. The van der Waals surface area contributed by atoms with Gasteiger partial charge < -0.3 is 15.7 Å². The Bertz CT molecular complexity index is 490. The number of carbonyl (C=O) groups excluding carboxylic acids is 2. The quantitative estimate of drug-likeness (QED) is 0.767. The predicted octanol–water partition coefficient (Wildman–Crippen LogP) is 1.16. The second-order valence-electron chi connectivity index (χ2n) is 4.12. The van der Waals surface area contributed by atoms with Gasteiger partial charge in [0.15, 0.2) is 0 Å². The monoisotopic (exact) mass is 312 g/mol. The van der Waals surface area contributed by atoms with E-state index in [1.807, 2.05) is 0 Å². The maximum atomic E-state index is 11.9. The van der Waals surface area contributed by atoms with E-state index in [0.717, 1.165) is 6.42 Å². The van der Waals surface area contributed by atoms with Gasteiger partial charge >= 0.3 is 0 Å². The van der Waals surface area contributed by atoms with Crippen LogP contribution in [0.5, 0.6) is 5.75 Å². The van der Waals surface area contributed by atoms with Gasteiger partial charge in [0.05, 0.1) is 5.56 Å². The Labute approximate surface area is 113 Å². The summed E-state index contributed by atoms with van der Waals surface area (Å²) in [6.07, 6.45) is 1.46. The van der Waals surface area contributed by atoms with Gasteiger partial charge in [-0.25, -0.2) is 0 Å². The van der Waals surface area contributed by atoms with Gasteiger partial charge in [-0.05, 0) is 31.0 Å². The zero-order valence-electron chi connectivity index (χ0n) is 9.57. The predicted molar refractivity (Wildman–Crippen MR) is 69.3 cm³/mol. The number of phenolic OH excluding ortho intramolecular Hbond substituents is 1. The Balaban J connectivity index is 2.09. The molecule has 1 aromatic rings. The highest BCUT2D eigenvalue weighted by Gasteiger charge is 2.24. The van der Waals surface area contributed by atoms with Crippen molar-refractivity contribution in [3.8, 4) is 5.75 Å². The smallest absolute Gasteiger partial charge is 0.255 e. The molecule has 1 aliphatic rings. The molecule has 1 fully saturated rings. The number of benzene rings is 1. The SMILES string of the molecule is O=C(NC1CCCNC1=O)c1ccc(Br)cc1O. The Hall–Kier alpha value is -1.56. The number of hydrogen-bond acceptors (Lipinski definition) is 3. The summed E-state index contributed by atoms with van der Waals surface area (Å²) in [5, 5.41) is 15.0. The van der Waals surface area contributed by atoms with Crippen molar-refractivity contribution in [1.29, 1.82) is 0 Å². The molecule has 1 saturated heterocycles. The molecule has 2 rings (SSSR count). The standard InChI is InChI=1S/C12H13BrN2O3/c13-7-3-4-8(10(16)6-7)11(17)15-9-2-1-5-14-12(9)18/h3-4,6,9,16H,1-2,5H2,(H,14,18)(H,15,17). The minimum atomic E-state index is -0.519. The van der Waals surface area contributed by atoms with Gasteiger partial charge in [-0.2, -0.15) is 0 Å². The number of aromatic hydroxyl groups is 1. The molecule has 96 valence electrons. The third-order valence-electron chi connectivity index (χ3n) is 2.80. The van der Waals surface area contributed by atoms with Crippen molar-refractivity contribution in [2.24, 2.45) is 0 Å². The minimum Gasteiger partial charge on any atom is -0.507 e. The summed E-state index contributed by atoms with van der Waals surface area (Å²) in [6, 6.07) is 4.09. The molecule has 0 aromatic heterocycles. The van der Waals surface area contributed by atoms with E-state index in [4.69, 9.17) is 0 Å². The van der Waals surface area contributed by atoms with Crippen LogP contribution < -0.4 is 10.6 Å². The number of rotatable bonds is 2. The van der Waals surface area contributed by atoms with Crippen LogP contribution in [0.4, 0.5) is 0 Å². The summed E-state index contributed by atoms with van der Waals surface area (Å²) < 4.78 is 0.687. The first-order valence-corrected chi connectivity index (χ1v) is 6.44. The second kappa shape index (κ2) is 5.39. The highest BCUT2D eigenvalue weighted by atomic mass is 79.9. The maximum absolute atomic E-state index is 11.9. The molecule has 0 saturated carbocycles. The average molecular weight is 313 g/mol. The summed E-state index contributed by atoms with van der Waals surface area (Å²) in [4.78, 5) is 23.4. The van der Waals surface area contributed by atoms with Gasteiger partial charge in [-0.3, -0.25) is 9.59 Å². The van der Waals surface area contributed by atoms with Crippen molar-refractivity contribution in [3.05, 3.63) is 28.2 Å². The van der Waals surface area contributed by atoms with Crippen LogP contribution in [0.25, 0.3) is 0 Å². The molecule has 1 atom stereocenters. The number of hydrogen-bond donors (Lipinski definition) is 3. The molecule has 6 heteroatoms. The lowest BCUT2D eigenvalue weighted by molar-refractivity contribution is -0.124. The van der Waals surface area contributed by atoms with Crippen LogP contribution in [0.3, 0.4) is 0 Å². The maximum Gasteiger partial charge on any atom is 0.255 e. The Morgan fingerprint density at radius 1 is 1.50 bits per heavy atom. The van der Waals surface area contributed by atoms with Crippen LogP contribution in [0.1, 0.15) is 23.2 Å². The fraction of sp³-hybridized carbons (Fsp3) is 0.333. The molecule has 1 aliphatic heterocycles. The van der Waals surface area contributed by atoms with Crippen molar-refractivity contribution in [2.45, 2.75) is 18.9 Å². The molecule has 18 heavy (non-hydrogen) atoms. The van der Waals surface area contributed by atoms with Gasteiger partial charge in [-0.1, -0.05) is 15.9 Å². The Morgan fingerprint density at radius 3 is 2.94 bits per heavy atom. The molecule has 3 N–H and O–H groups in total. The van der Waals surface area contributed by atoms with Gasteiger partial charge in [0.2, 0.25) is 5.91 Å². The largest absolute Gasteiger partial charge is 0.507 e. The molecule has 1 heterocycles. The highest BCUT2D eigenvalue weighted by molar-refractivity contribution is 9.10. The van der Waals surface area contributed by atoms with Gasteiger partial charge in [0.25, 0.3) is 5.91 Å². The minimum absolute atomic E-state index is 0.113. The third-order valence-corrected chi connectivity index (χ3v) is 3.29. The Morgan fingerprint density at radius 2 is 2.28 bits per heavy atom. The highest BCUT2D eigenvalue weighted by Crippen LogP contribution is 2.22. The van der Waals surface area contributed by atoms with Crippen LogP contribution in [0.2, 0.25) is 0 Å². The number of nitrogens with one attached hydrogen (secondary N) is 2. The van der Waals surface area contributed by atoms with E-state index in [9.17, 15) is 14.7 Å². The molecule has 0 aliphatic carbocycles. The van der Waals surface area contributed by atoms with Crippen LogP contribution in [0.15, 0.2) is 22.7 Å². The molecule has 2 amide bonds. The van der Waals surface area contributed by atoms with E-state index >= 15 is 0 Å². The first kappa shape index (κ1) is 12.9. The molecular weight excluding hydrogens is 300 g/mol. The molecule has 1 aromatic carbocycles.